The standard InChI is InChI=1S/C14H15ClFNO4/c1-20-4-2-5-21-6-3-17-12-8-11(16)10(15)7-9(12)13(18)14(17)19/h7-8H,2-6H2,1H3. The highest BCUT2D eigenvalue weighted by Crippen LogP contribution is 2.32. The van der Waals surface area contributed by atoms with Gasteiger partial charge in [-0.2, -0.15) is 0 Å². The molecule has 21 heavy (non-hydrogen) atoms. The van der Waals surface area contributed by atoms with Gasteiger partial charge in [-0.05, 0) is 18.6 Å². The number of benzene rings is 1. The van der Waals surface area contributed by atoms with Crippen LogP contribution in [-0.4, -0.2) is 45.2 Å². The first-order chi connectivity index (χ1) is 10.1. The fourth-order valence-corrected chi connectivity index (χ4v) is 2.24. The molecule has 114 valence electrons. The average Bonchev–Trinajstić information content (AvgIpc) is 2.68. The van der Waals surface area contributed by atoms with Crippen LogP contribution in [0, 0.1) is 5.82 Å². The number of anilines is 1. The number of methoxy groups -OCH3 is 1. The van der Waals surface area contributed by atoms with Gasteiger partial charge in [0.15, 0.2) is 0 Å². The number of ketones is 1. The topological polar surface area (TPSA) is 55.8 Å². The highest BCUT2D eigenvalue weighted by Gasteiger charge is 2.36. The van der Waals surface area contributed by atoms with E-state index in [0.29, 0.717) is 13.2 Å². The normalized spacial score (nSPS) is 14.0. The molecule has 5 nitrogen and oxygen atoms in total. The number of carbonyl (C=O) groups excluding carboxylic acids is 2. The van der Waals surface area contributed by atoms with Crippen molar-refractivity contribution in [1.82, 2.24) is 0 Å². The molecular weight excluding hydrogens is 301 g/mol. The van der Waals surface area contributed by atoms with Crippen molar-refractivity contribution in [2.45, 2.75) is 6.42 Å². The van der Waals surface area contributed by atoms with Crippen molar-refractivity contribution in [2.75, 3.05) is 38.4 Å². The third-order valence-corrected chi connectivity index (χ3v) is 3.40. The maximum Gasteiger partial charge on any atom is 0.299 e. The molecule has 0 aromatic heterocycles. The van der Waals surface area contributed by atoms with E-state index < -0.39 is 17.5 Å². The van der Waals surface area contributed by atoms with Crippen molar-refractivity contribution < 1.29 is 23.5 Å². The summed E-state index contributed by atoms with van der Waals surface area (Å²) in [4.78, 5) is 24.9. The number of nitrogens with zero attached hydrogens (tertiary/aromatic N) is 1. The van der Waals surface area contributed by atoms with Crippen LogP contribution in [0.15, 0.2) is 12.1 Å². The minimum atomic E-state index is -0.688. The fraction of sp³-hybridized carbons (Fsp3) is 0.429. The molecule has 0 spiro atoms. The lowest BCUT2D eigenvalue weighted by molar-refractivity contribution is -0.114. The van der Waals surface area contributed by atoms with E-state index in [1.54, 1.807) is 7.11 Å². The zero-order valence-corrected chi connectivity index (χ0v) is 12.3. The van der Waals surface area contributed by atoms with Crippen molar-refractivity contribution in [1.29, 1.82) is 0 Å². The number of fused-ring (bicyclic) bond motifs is 1. The lowest BCUT2D eigenvalue weighted by Gasteiger charge is -2.16. The van der Waals surface area contributed by atoms with Crippen molar-refractivity contribution >= 4 is 29.0 Å². The van der Waals surface area contributed by atoms with Crippen LogP contribution in [0.2, 0.25) is 5.02 Å². The molecule has 0 radical (unpaired) electrons. The molecule has 0 saturated heterocycles. The van der Waals surface area contributed by atoms with E-state index >= 15 is 0 Å². The fourth-order valence-electron chi connectivity index (χ4n) is 2.07. The second-order valence-electron chi connectivity index (χ2n) is 4.53. The first kappa shape index (κ1) is 15.9. The second-order valence-corrected chi connectivity index (χ2v) is 4.94. The van der Waals surface area contributed by atoms with Crippen LogP contribution >= 0.6 is 11.6 Å². The molecule has 0 unspecified atom stereocenters. The third kappa shape index (κ3) is 3.40. The smallest absolute Gasteiger partial charge is 0.299 e. The zero-order valence-electron chi connectivity index (χ0n) is 11.5. The predicted octanol–water partition coefficient (Wildman–Crippen LogP) is 2.06. The zero-order chi connectivity index (χ0) is 15.4. The van der Waals surface area contributed by atoms with Crippen LogP contribution in [0.1, 0.15) is 16.8 Å². The molecule has 1 aliphatic rings. The van der Waals surface area contributed by atoms with Crippen molar-refractivity contribution in [3.8, 4) is 0 Å². The summed E-state index contributed by atoms with van der Waals surface area (Å²) in [7, 11) is 1.60. The Kier molecular flexibility index (Phi) is 5.27. The Balaban J connectivity index is 2.00. The molecule has 0 atom stereocenters. The molecule has 1 amide bonds. The summed E-state index contributed by atoms with van der Waals surface area (Å²) >= 11 is 5.63. The van der Waals surface area contributed by atoms with Crippen LogP contribution in [0.4, 0.5) is 10.1 Å². The van der Waals surface area contributed by atoms with Crippen LogP contribution < -0.4 is 4.90 Å². The highest BCUT2D eigenvalue weighted by atomic mass is 35.5. The van der Waals surface area contributed by atoms with E-state index in [9.17, 15) is 14.0 Å². The van der Waals surface area contributed by atoms with Crippen LogP contribution in [-0.2, 0) is 14.3 Å². The Morgan fingerprint density at radius 2 is 2.00 bits per heavy atom. The van der Waals surface area contributed by atoms with Gasteiger partial charge in [0.05, 0.1) is 22.9 Å². The van der Waals surface area contributed by atoms with E-state index in [1.165, 1.54) is 11.0 Å². The van der Waals surface area contributed by atoms with E-state index in [4.69, 9.17) is 21.1 Å². The number of carbonyl (C=O) groups is 2. The third-order valence-electron chi connectivity index (χ3n) is 3.11. The Labute approximate surface area is 126 Å². The largest absolute Gasteiger partial charge is 0.385 e. The molecule has 1 aliphatic heterocycles. The number of hydrogen-bond donors (Lipinski definition) is 0. The van der Waals surface area contributed by atoms with Gasteiger partial charge in [-0.3, -0.25) is 9.59 Å². The van der Waals surface area contributed by atoms with Crippen LogP contribution in [0.3, 0.4) is 0 Å². The summed E-state index contributed by atoms with van der Waals surface area (Å²) in [5.74, 6) is -2.03. The van der Waals surface area contributed by atoms with Gasteiger partial charge >= 0.3 is 0 Å². The summed E-state index contributed by atoms with van der Waals surface area (Å²) in [6.07, 6.45) is 0.740. The lowest BCUT2D eigenvalue weighted by atomic mass is 10.1. The van der Waals surface area contributed by atoms with Gasteiger partial charge in [0.1, 0.15) is 5.82 Å². The molecule has 0 bridgehead atoms. The van der Waals surface area contributed by atoms with Gasteiger partial charge in [-0.1, -0.05) is 11.6 Å². The molecule has 0 aliphatic carbocycles. The number of halogens is 2. The summed E-state index contributed by atoms with van der Waals surface area (Å²) in [6.45, 7) is 1.53. The first-order valence-electron chi connectivity index (χ1n) is 6.48. The van der Waals surface area contributed by atoms with Crippen LogP contribution in [0.5, 0.6) is 0 Å². The molecule has 1 aromatic carbocycles. The maximum atomic E-state index is 13.5. The minimum absolute atomic E-state index is 0.130. The highest BCUT2D eigenvalue weighted by molar-refractivity contribution is 6.52. The van der Waals surface area contributed by atoms with Gasteiger partial charge < -0.3 is 14.4 Å². The monoisotopic (exact) mass is 315 g/mol. The van der Waals surface area contributed by atoms with Crippen molar-refractivity contribution in [3.63, 3.8) is 0 Å². The molecular formula is C14H15ClFNO4. The molecule has 0 saturated carbocycles. The van der Waals surface area contributed by atoms with Crippen molar-refractivity contribution in [3.05, 3.63) is 28.5 Å². The quantitative estimate of drug-likeness (QED) is 0.571. The SMILES string of the molecule is COCCCOCCN1C(=O)C(=O)c2cc(Cl)c(F)cc21. The minimum Gasteiger partial charge on any atom is -0.385 e. The maximum absolute atomic E-state index is 13.5. The number of ether oxygens (including phenoxy) is 2. The van der Waals surface area contributed by atoms with Gasteiger partial charge in [0.2, 0.25) is 0 Å². The Hall–Kier alpha value is -1.50. The first-order valence-corrected chi connectivity index (χ1v) is 6.86. The summed E-state index contributed by atoms with van der Waals surface area (Å²) in [6, 6.07) is 2.29. The molecule has 2 rings (SSSR count). The van der Waals surface area contributed by atoms with Gasteiger partial charge in [0, 0.05) is 26.9 Å². The molecule has 0 fully saturated rings. The Bertz CT molecular complexity index is 564. The van der Waals surface area contributed by atoms with E-state index in [1.807, 2.05) is 0 Å². The number of amides is 1. The molecule has 1 aromatic rings. The van der Waals surface area contributed by atoms with Gasteiger partial charge in [0.25, 0.3) is 11.7 Å². The summed E-state index contributed by atoms with van der Waals surface area (Å²) < 4.78 is 23.7. The molecule has 1 heterocycles. The lowest BCUT2D eigenvalue weighted by Crippen LogP contribution is -2.33. The van der Waals surface area contributed by atoms with Gasteiger partial charge in [-0.15, -0.1) is 0 Å². The Morgan fingerprint density at radius 1 is 1.24 bits per heavy atom. The average molecular weight is 316 g/mol. The second kappa shape index (κ2) is 6.98. The summed E-state index contributed by atoms with van der Waals surface area (Å²) in [5.41, 5.74) is 0.373. The van der Waals surface area contributed by atoms with E-state index in [2.05, 4.69) is 0 Å². The number of rotatable bonds is 7. The Morgan fingerprint density at radius 3 is 2.71 bits per heavy atom. The number of hydrogen-bond acceptors (Lipinski definition) is 4. The van der Waals surface area contributed by atoms with Crippen molar-refractivity contribution in [2.24, 2.45) is 0 Å². The summed E-state index contributed by atoms with van der Waals surface area (Å²) in [5, 5.41) is -0.174. The molecule has 0 N–H and O–H groups in total. The van der Waals surface area contributed by atoms with Crippen LogP contribution in [0.25, 0.3) is 0 Å². The van der Waals surface area contributed by atoms with Gasteiger partial charge in [-0.25, -0.2) is 4.39 Å². The predicted molar refractivity (Wildman–Crippen MR) is 75.4 cm³/mol. The van der Waals surface area contributed by atoms with E-state index in [0.717, 1.165) is 12.5 Å². The number of Topliss-reactive ketones (excluding diaryl/α,β-unsaturated/α-hetero) is 1. The molecule has 7 heteroatoms. The van der Waals surface area contributed by atoms with E-state index in [-0.39, 0.29) is 29.4 Å².